The van der Waals surface area contributed by atoms with E-state index in [1.54, 1.807) is 6.07 Å². The zero-order valence-corrected chi connectivity index (χ0v) is 19.6. The molecule has 0 saturated heterocycles. The van der Waals surface area contributed by atoms with Crippen LogP contribution in [0.3, 0.4) is 0 Å². The van der Waals surface area contributed by atoms with E-state index in [2.05, 4.69) is 15.0 Å². The summed E-state index contributed by atoms with van der Waals surface area (Å²) in [6, 6.07) is 7.80. The number of amides is 1. The summed E-state index contributed by atoms with van der Waals surface area (Å²) in [4.78, 5) is 27.9. The standard InChI is InChI=1S/C23H18F3N3O6S/c1-33-18-8-12(9-19-20(31)29-22(36-19)28-15(11-30)21(32)34-2)3-6-17(18)35-16-5-4-13(10-27)7-14(16)23(24,25)26/h3-9,15,30H,11H2,1-2H3,(H,28,29,31)/b19-9-/t15-/m0/s1. The number of nitrogens with one attached hydrogen (secondary N) is 1. The molecule has 36 heavy (non-hydrogen) atoms. The van der Waals surface area contributed by atoms with E-state index in [4.69, 9.17) is 14.7 Å². The summed E-state index contributed by atoms with van der Waals surface area (Å²) in [5, 5.41) is 20.9. The second-order valence-electron chi connectivity index (χ2n) is 7.07. The third-order valence-electron chi connectivity index (χ3n) is 4.71. The number of esters is 1. The molecule has 1 aliphatic heterocycles. The fourth-order valence-corrected chi connectivity index (χ4v) is 3.85. The summed E-state index contributed by atoms with van der Waals surface area (Å²) in [5.74, 6) is -1.79. The van der Waals surface area contributed by atoms with Crippen LogP contribution in [-0.2, 0) is 20.5 Å². The van der Waals surface area contributed by atoms with Crippen LogP contribution in [0.25, 0.3) is 6.08 Å². The van der Waals surface area contributed by atoms with Crippen molar-refractivity contribution in [1.82, 2.24) is 5.32 Å². The number of hydrogen-bond donors (Lipinski definition) is 2. The van der Waals surface area contributed by atoms with E-state index in [9.17, 15) is 27.9 Å². The second-order valence-corrected chi connectivity index (χ2v) is 8.10. The van der Waals surface area contributed by atoms with Crippen molar-refractivity contribution in [2.45, 2.75) is 12.2 Å². The highest BCUT2D eigenvalue weighted by Crippen LogP contribution is 2.41. The Labute approximate surface area is 207 Å². The van der Waals surface area contributed by atoms with Gasteiger partial charge in [0.25, 0.3) is 5.91 Å². The van der Waals surface area contributed by atoms with Gasteiger partial charge in [-0.1, -0.05) is 6.07 Å². The van der Waals surface area contributed by atoms with Crippen molar-refractivity contribution >= 4 is 34.9 Å². The lowest BCUT2D eigenvalue weighted by Gasteiger charge is -2.16. The third kappa shape index (κ3) is 6.15. The lowest BCUT2D eigenvalue weighted by Crippen LogP contribution is -2.42. The van der Waals surface area contributed by atoms with Crippen molar-refractivity contribution in [2.24, 2.45) is 4.99 Å². The molecule has 1 atom stereocenters. The zero-order chi connectivity index (χ0) is 26.5. The Morgan fingerprint density at radius 2 is 1.94 bits per heavy atom. The minimum atomic E-state index is -4.76. The highest BCUT2D eigenvalue weighted by atomic mass is 32.2. The number of rotatable bonds is 7. The van der Waals surface area contributed by atoms with Crippen LogP contribution in [0.15, 0.2) is 46.3 Å². The highest BCUT2D eigenvalue weighted by molar-refractivity contribution is 8.18. The number of aliphatic hydroxyl groups is 1. The number of alkyl halides is 3. The predicted molar refractivity (Wildman–Crippen MR) is 123 cm³/mol. The molecule has 2 N–H and O–H groups in total. The fourth-order valence-electron chi connectivity index (χ4n) is 2.98. The summed E-state index contributed by atoms with van der Waals surface area (Å²) >= 11 is 0.922. The number of halogens is 3. The maximum absolute atomic E-state index is 13.5. The molecule has 2 aromatic carbocycles. The Hall–Kier alpha value is -4.02. The van der Waals surface area contributed by atoms with E-state index < -0.39 is 42.0 Å². The van der Waals surface area contributed by atoms with E-state index in [1.807, 2.05) is 0 Å². The van der Waals surface area contributed by atoms with E-state index in [1.165, 1.54) is 37.5 Å². The monoisotopic (exact) mass is 521 g/mol. The van der Waals surface area contributed by atoms with E-state index in [-0.39, 0.29) is 27.1 Å². The molecular formula is C23H18F3N3O6S. The molecule has 0 spiro atoms. The average Bonchev–Trinajstić information content (AvgIpc) is 3.20. The van der Waals surface area contributed by atoms with Crippen LogP contribution in [0.2, 0.25) is 0 Å². The number of carbonyl (C=O) groups excluding carboxylic acids is 2. The molecule has 1 amide bonds. The first kappa shape index (κ1) is 26.6. The molecule has 0 aliphatic carbocycles. The van der Waals surface area contributed by atoms with Gasteiger partial charge >= 0.3 is 12.1 Å². The number of hydrogen-bond acceptors (Lipinski definition) is 9. The van der Waals surface area contributed by atoms with Crippen molar-refractivity contribution in [2.75, 3.05) is 20.8 Å². The number of aliphatic imine (C=N–C) groups is 1. The SMILES string of the molecule is COC(=O)[C@H](CO)NC1=NC(=O)/C(=C/c2ccc(Oc3ccc(C#N)cc3C(F)(F)F)c(OC)c2)S1. The lowest BCUT2D eigenvalue weighted by molar-refractivity contribution is -0.143. The lowest BCUT2D eigenvalue weighted by atomic mass is 10.1. The van der Waals surface area contributed by atoms with Crippen LogP contribution in [0.5, 0.6) is 17.2 Å². The van der Waals surface area contributed by atoms with Gasteiger partial charge in [0.05, 0.1) is 42.9 Å². The molecule has 0 unspecified atom stereocenters. The van der Waals surface area contributed by atoms with E-state index in [0.29, 0.717) is 11.6 Å². The van der Waals surface area contributed by atoms with E-state index in [0.717, 1.165) is 24.9 Å². The second kappa shape index (κ2) is 11.1. The Kier molecular flexibility index (Phi) is 8.23. The van der Waals surface area contributed by atoms with Gasteiger partial charge in [0.1, 0.15) is 11.8 Å². The number of benzene rings is 2. The van der Waals surface area contributed by atoms with Gasteiger partial charge in [0.2, 0.25) is 0 Å². The quantitative estimate of drug-likeness (QED) is 0.415. The van der Waals surface area contributed by atoms with Crippen molar-refractivity contribution in [3.05, 3.63) is 58.0 Å². The normalized spacial score (nSPS) is 15.2. The largest absolute Gasteiger partial charge is 0.493 e. The smallest absolute Gasteiger partial charge is 0.420 e. The van der Waals surface area contributed by atoms with Crippen LogP contribution in [0.1, 0.15) is 16.7 Å². The Morgan fingerprint density at radius 3 is 2.56 bits per heavy atom. The molecule has 3 rings (SSSR count). The molecule has 0 radical (unpaired) electrons. The summed E-state index contributed by atoms with van der Waals surface area (Å²) in [6.07, 6.45) is -3.29. The molecule has 188 valence electrons. The van der Waals surface area contributed by atoms with Gasteiger partial charge in [-0.3, -0.25) is 4.79 Å². The fraction of sp³-hybridized carbons (Fsp3) is 0.217. The summed E-state index contributed by atoms with van der Waals surface area (Å²) < 4.78 is 55.6. The van der Waals surface area contributed by atoms with Gasteiger partial charge in [-0.25, -0.2) is 4.79 Å². The number of methoxy groups -OCH3 is 2. The molecule has 13 heteroatoms. The van der Waals surface area contributed by atoms with Crippen LogP contribution < -0.4 is 14.8 Å². The van der Waals surface area contributed by atoms with Crippen LogP contribution in [-0.4, -0.2) is 49.0 Å². The Balaban J connectivity index is 1.83. The molecule has 1 aliphatic rings. The van der Waals surface area contributed by atoms with Gasteiger partial charge < -0.3 is 24.6 Å². The van der Waals surface area contributed by atoms with Gasteiger partial charge in [0.15, 0.2) is 16.7 Å². The Bertz CT molecular complexity index is 1290. The molecule has 1 heterocycles. The average molecular weight is 521 g/mol. The van der Waals surface area contributed by atoms with Crippen molar-refractivity contribution in [1.29, 1.82) is 5.26 Å². The maximum atomic E-state index is 13.5. The molecular weight excluding hydrogens is 503 g/mol. The number of nitriles is 1. The Morgan fingerprint density at radius 1 is 1.22 bits per heavy atom. The van der Waals surface area contributed by atoms with Crippen molar-refractivity contribution in [3.8, 4) is 23.3 Å². The number of thioether (sulfide) groups is 1. The minimum Gasteiger partial charge on any atom is -0.493 e. The van der Waals surface area contributed by atoms with Crippen LogP contribution in [0, 0.1) is 11.3 Å². The van der Waals surface area contributed by atoms with Gasteiger partial charge in [-0.05, 0) is 53.7 Å². The number of ether oxygens (including phenoxy) is 3. The molecule has 0 saturated carbocycles. The predicted octanol–water partition coefficient (Wildman–Crippen LogP) is 3.47. The third-order valence-corrected chi connectivity index (χ3v) is 5.62. The molecule has 0 fully saturated rings. The van der Waals surface area contributed by atoms with Gasteiger partial charge in [-0.15, -0.1) is 0 Å². The van der Waals surface area contributed by atoms with Crippen LogP contribution in [0.4, 0.5) is 13.2 Å². The number of carbonyl (C=O) groups is 2. The molecule has 9 nitrogen and oxygen atoms in total. The summed E-state index contributed by atoms with van der Waals surface area (Å²) in [5.41, 5.74) is -0.836. The number of aliphatic hydroxyl groups excluding tert-OH is 1. The van der Waals surface area contributed by atoms with Crippen molar-refractivity contribution < 1.29 is 42.1 Å². The minimum absolute atomic E-state index is 0.0252. The first-order chi connectivity index (χ1) is 17.1. The van der Waals surface area contributed by atoms with Crippen LogP contribution >= 0.6 is 11.8 Å². The molecule has 2 aromatic rings. The van der Waals surface area contributed by atoms with Gasteiger partial charge in [0, 0.05) is 0 Å². The highest BCUT2D eigenvalue weighted by Gasteiger charge is 2.35. The number of amidine groups is 1. The molecule has 0 aromatic heterocycles. The first-order valence-electron chi connectivity index (χ1n) is 10.0. The summed E-state index contributed by atoms with van der Waals surface area (Å²) in [6.45, 7) is -0.576. The molecule has 0 bridgehead atoms. The topological polar surface area (TPSA) is 130 Å². The number of nitrogens with zero attached hydrogens (tertiary/aromatic N) is 2. The first-order valence-corrected chi connectivity index (χ1v) is 10.9. The van der Waals surface area contributed by atoms with Gasteiger partial charge in [-0.2, -0.15) is 23.4 Å². The maximum Gasteiger partial charge on any atom is 0.420 e. The van der Waals surface area contributed by atoms with Crippen molar-refractivity contribution in [3.63, 3.8) is 0 Å². The van der Waals surface area contributed by atoms with E-state index >= 15 is 0 Å². The zero-order valence-electron chi connectivity index (χ0n) is 18.8. The summed E-state index contributed by atoms with van der Waals surface area (Å²) in [7, 11) is 2.45.